The van der Waals surface area contributed by atoms with E-state index in [1.54, 1.807) is 12.1 Å². The maximum atomic E-state index is 12.0. The average Bonchev–Trinajstić information content (AvgIpc) is 2.86. The second kappa shape index (κ2) is 5.95. The molecule has 1 aliphatic rings. The third-order valence-electron chi connectivity index (χ3n) is 3.44. The van der Waals surface area contributed by atoms with Crippen molar-refractivity contribution in [3.8, 4) is 17.2 Å². The quantitative estimate of drug-likeness (QED) is 0.938. The second-order valence-electron chi connectivity index (χ2n) is 4.84. The lowest BCUT2D eigenvalue weighted by molar-refractivity contribution is -0.0498. The van der Waals surface area contributed by atoms with Crippen molar-refractivity contribution in [1.82, 2.24) is 10.1 Å². The molecule has 2 aromatic rings. The maximum absolute atomic E-state index is 12.0. The molecule has 3 rings (SSSR count). The van der Waals surface area contributed by atoms with Crippen molar-refractivity contribution in [3.63, 3.8) is 0 Å². The third-order valence-corrected chi connectivity index (χ3v) is 3.44. The van der Waals surface area contributed by atoms with E-state index >= 15 is 0 Å². The van der Waals surface area contributed by atoms with Crippen molar-refractivity contribution in [1.29, 1.82) is 0 Å². The molecule has 2 N–H and O–H groups in total. The lowest BCUT2D eigenvalue weighted by Crippen LogP contribution is -2.44. The molecule has 1 aromatic carbocycles. The Balaban J connectivity index is 0.00000161. The lowest BCUT2D eigenvalue weighted by atomic mass is 9.77. The lowest BCUT2D eigenvalue weighted by Gasteiger charge is -2.34. The largest absolute Gasteiger partial charge is 0.435 e. The topological polar surface area (TPSA) is 74.2 Å². The standard InChI is InChI=1S/C13H13F2N3O2.ClH/c14-12(15)19-9-4-2-8(3-5-9)10-17-11(18-20-10)13(16)6-1-7-13;/h2-5,12H,1,6-7,16H2;1H. The number of nitrogens with zero attached hydrogens (tertiary/aromatic N) is 2. The zero-order chi connectivity index (χ0) is 14.2. The van der Waals surface area contributed by atoms with Crippen LogP contribution < -0.4 is 10.5 Å². The van der Waals surface area contributed by atoms with Gasteiger partial charge in [0.2, 0.25) is 0 Å². The highest BCUT2D eigenvalue weighted by Gasteiger charge is 2.39. The number of hydrogen-bond donors (Lipinski definition) is 1. The highest BCUT2D eigenvalue weighted by molar-refractivity contribution is 5.85. The van der Waals surface area contributed by atoms with Gasteiger partial charge < -0.3 is 15.0 Å². The van der Waals surface area contributed by atoms with Crippen molar-refractivity contribution in [2.75, 3.05) is 0 Å². The average molecular weight is 318 g/mol. The van der Waals surface area contributed by atoms with Crippen molar-refractivity contribution in [3.05, 3.63) is 30.1 Å². The zero-order valence-corrected chi connectivity index (χ0v) is 11.8. The SMILES string of the molecule is Cl.NC1(c2noc(-c3ccc(OC(F)F)cc3)n2)CCC1. The van der Waals surface area contributed by atoms with Crippen LogP contribution in [0.1, 0.15) is 25.1 Å². The minimum Gasteiger partial charge on any atom is -0.435 e. The smallest absolute Gasteiger partial charge is 0.387 e. The number of hydrogen-bond acceptors (Lipinski definition) is 5. The summed E-state index contributed by atoms with van der Waals surface area (Å²) < 4.78 is 33.5. The first-order valence-electron chi connectivity index (χ1n) is 6.25. The molecule has 1 aliphatic carbocycles. The molecular weight excluding hydrogens is 304 g/mol. The number of aromatic nitrogens is 2. The maximum Gasteiger partial charge on any atom is 0.387 e. The molecule has 5 nitrogen and oxygen atoms in total. The van der Waals surface area contributed by atoms with E-state index in [0.717, 1.165) is 19.3 Å². The van der Waals surface area contributed by atoms with Crippen LogP contribution >= 0.6 is 12.4 Å². The highest BCUT2D eigenvalue weighted by atomic mass is 35.5. The molecule has 21 heavy (non-hydrogen) atoms. The molecule has 1 heterocycles. The predicted octanol–water partition coefficient (Wildman–Crippen LogP) is 3.10. The predicted molar refractivity (Wildman–Crippen MR) is 73.3 cm³/mol. The summed E-state index contributed by atoms with van der Waals surface area (Å²) in [5.74, 6) is 0.893. The fourth-order valence-corrected chi connectivity index (χ4v) is 2.10. The summed E-state index contributed by atoms with van der Waals surface area (Å²) in [6, 6.07) is 6.01. The van der Waals surface area contributed by atoms with E-state index in [2.05, 4.69) is 14.9 Å². The van der Waals surface area contributed by atoms with E-state index in [-0.39, 0.29) is 18.2 Å². The summed E-state index contributed by atoms with van der Waals surface area (Å²) in [6.45, 7) is -2.84. The number of alkyl halides is 2. The monoisotopic (exact) mass is 317 g/mol. The third kappa shape index (κ3) is 3.14. The van der Waals surface area contributed by atoms with Crippen LogP contribution in [0.25, 0.3) is 11.5 Å². The van der Waals surface area contributed by atoms with E-state index in [9.17, 15) is 8.78 Å². The van der Waals surface area contributed by atoms with Crippen LogP contribution in [0.3, 0.4) is 0 Å². The van der Waals surface area contributed by atoms with Crippen molar-refractivity contribution in [2.24, 2.45) is 5.73 Å². The van der Waals surface area contributed by atoms with E-state index in [0.29, 0.717) is 17.3 Å². The Morgan fingerprint density at radius 1 is 1.24 bits per heavy atom. The van der Waals surface area contributed by atoms with Crippen LogP contribution in [0.2, 0.25) is 0 Å². The molecular formula is C13H14ClF2N3O2. The van der Waals surface area contributed by atoms with Gasteiger partial charge in [0.15, 0.2) is 5.82 Å². The fraction of sp³-hybridized carbons (Fsp3) is 0.385. The minimum absolute atomic E-state index is 0. The van der Waals surface area contributed by atoms with E-state index in [1.165, 1.54) is 12.1 Å². The molecule has 114 valence electrons. The Hall–Kier alpha value is -1.73. The van der Waals surface area contributed by atoms with Crippen LogP contribution in [0, 0.1) is 0 Å². The van der Waals surface area contributed by atoms with Gasteiger partial charge in [-0.2, -0.15) is 13.8 Å². The molecule has 0 aliphatic heterocycles. The van der Waals surface area contributed by atoms with Crippen molar-refractivity contribution >= 4 is 12.4 Å². The number of benzene rings is 1. The molecule has 0 amide bonds. The van der Waals surface area contributed by atoms with Gasteiger partial charge in [0, 0.05) is 5.56 Å². The Bertz CT molecular complexity index is 600. The highest BCUT2D eigenvalue weighted by Crippen LogP contribution is 2.37. The first-order valence-corrected chi connectivity index (χ1v) is 6.25. The molecule has 0 unspecified atom stereocenters. The molecule has 1 fully saturated rings. The Kier molecular flexibility index (Phi) is 4.43. The molecule has 1 saturated carbocycles. The molecule has 0 bridgehead atoms. The fourth-order valence-electron chi connectivity index (χ4n) is 2.10. The molecule has 1 aromatic heterocycles. The van der Waals surface area contributed by atoms with Gasteiger partial charge in [-0.3, -0.25) is 0 Å². The van der Waals surface area contributed by atoms with Gasteiger partial charge in [0.05, 0.1) is 5.54 Å². The molecule has 8 heteroatoms. The number of rotatable bonds is 4. The zero-order valence-electron chi connectivity index (χ0n) is 11.0. The van der Waals surface area contributed by atoms with Gasteiger partial charge in [0.25, 0.3) is 5.89 Å². The van der Waals surface area contributed by atoms with Crippen LogP contribution in [0.5, 0.6) is 5.75 Å². The number of ether oxygens (including phenoxy) is 1. The first kappa shape index (κ1) is 15.7. The van der Waals surface area contributed by atoms with E-state index < -0.39 is 12.2 Å². The Labute approximate surface area is 125 Å². The van der Waals surface area contributed by atoms with Gasteiger partial charge in [-0.15, -0.1) is 12.4 Å². The Morgan fingerprint density at radius 2 is 1.90 bits per heavy atom. The van der Waals surface area contributed by atoms with Gasteiger partial charge in [0.1, 0.15) is 5.75 Å². The summed E-state index contributed by atoms with van der Waals surface area (Å²) >= 11 is 0. The minimum atomic E-state index is -2.84. The molecule has 0 spiro atoms. The summed E-state index contributed by atoms with van der Waals surface area (Å²) in [6.07, 6.45) is 2.74. The van der Waals surface area contributed by atoms with Gasteiger partial charge >= 0.3 is 6.61 Å². The summed E-state index contributed by atoms with van der Waals surface area (Å²) in [5, 5.41) is 3.89. The number of halogens is 3. The van der Waals surface area contributed by atoms with Gasteiger partial charge in [-0.05, 0) is 43.5 Å². The summed E-state index contributed by atoms with van der Waals surface area (Å²) in [4.78, 5) is 4.27. The van der Waals surface area contributed by atoms with Crippen LogP contribution in [-0.2, 0) is 5.54 Å². The second-order valence-corrected chi connectivity index (χ2v) is 4.84. The summed E-state index contributed by atoms with van der Waals surface area (Å²) in [5.41, 5.74) is 6.25. The van der Waals surface area contributed by atoms with E-state index in [4.69, 9.17) is 10.3 Å². The number of nitrogens with two attached hydrogens (primary N) is 1. The molecule has 0 saturated heterocycles. The van der Waals surface area contributed by atoms with Crippen molar-refractivity contribution in [2.45, 2.75) is 31.4 Å². The normalized spacial score (nSPS) is 16.2. The summed E-state index contributed by atoms with van der Waals surface area (Å²) in [7, 11) is 0. The molecule has 0 atom stereocenters. The first-order chi connectivity index (χ1) is 9.57. The van der Waals surface area contributed by atoms with Gasteiger partial charge in [-0.1, -0.05) is 5.16 Å². The van der Waals surface area contributed by atoms with Crippen LogP contribution in [0.4, 0.5) is 8.78 Å². The Morgan fingerprint density at radius 3 is 2.43 bits per heavy atom. The molecule has 0 radical (unpaired) electrons. The van der Waals surface area contributed by atoms with Gasteiger partial charge in [-0.25, -0.2) is 0 Å². The van der Waals surface area contributed by atoms with E-state index in [1.807, 2.05) is 0 Å². The van der Waals surface area contributed by atoms with Crippen LogP contribution in [-0.4, -0.2) is 16.8 Å². The van der Waals surface area contributed by atoms with Crippen LogP contribution in [0.15, 0.2) is 28.8 Å². The van der Waals surface area contributed by atoms with Crippen molar-refractivity contribution < 1.29 is 18.0 Å².